The molecule has 1 amide bonds. The number of amides is 1. The van der Waals surface area contributed by atoms with Crippen molar-refractivity contribution in [3.63, 3.8) is 0 Å². The standard InChI is InChI=1S/C17H17N3O3S/c1-3-11-5-4-6-12(9-11)18-14(21)10-20-13-7-8-24-15(13)16(22)19(2)17(20)23/h4-9H,3,10H2,1-2H3,(H,18,21). The zero-order chi connectivity index (χ0) is 17.3. The predicted molar refractivity (Wildman–Crippen MR) is 95.8 cm³/mol. The largest absolute Gasteiger partial charge is 0.331 e. The molecule has 3 aromatic rings. The Balaban J connectivity index is 1.92. The lowest BCUT2D eigenvalue weighted by Gasteiger charge is -2.10. The highest BCUT2D eigenvalue weighted by molar-refractivity contribution is 7.17. The van der Waals surface area contributed by atoms with Crippen LogP contribution >= 0.6 is 11.3 Å². The number of nitrogens with one attached hydrogen (secondary N) is 1. The third-order valence-electron chi connectivity index (χ3n) is 3.87. The van der Waals surface area contributed by atoms with E-state index in [0.717, 1.165) is 16.6 Å². The van der Waals surface area contributed by atoms with Crippen molar-refractivity contribution in [3.05, 3.63) is 62.1 Å². The van der Waals surface area contributed by atoms with Crippen LogP contribution in [0.3, 0.4) is 0 Å². The number of rotatable bonds is 4. The zero-order valence-corrected chi connectivity index (χ0v) is 14.2. The number of aryl methyl sites for hydroxylation is 1. The monoisotopic (exact) mass is 343 g/mol. The molecular weight excluding hydrogens is 326 g/mol. The van der Waals surface area contributed by atoms with Gasteiger partial charge in [0.05, 0.1) is 5.52 Å². The summed E-state index contributed by atoms with van der Waals surface area (Å²) in [5.74, 6) is -0.309. The second kappa shape index (κ2) is 6.45. The van der Waals surface area contributed by atoms with E-state index in [9.17, 15) is 14.4 Å². The van der Waals surface area contributed by atoms with Gasteiger partial charge in [-0.3, -0.25) is 18.7 Å². The van der Waals surface area contributed by atoms with Crippen LogP contribution in [-0.2, 0) is 24.8 Å². The fraction of sp³-hybridized carbons (Fsp3) is 0.235. The van der Waals surface area contributed by atoms with Gasteiger partial charge in [0.2, 0.25) is 5.91 Å². The molecule has 0 spiro atoms. The van der Waals surface area contributed by atoms with Crippen molar-refractivity contribution in [2.75, 3.05) is 5.32 Å². The van der Waals surface area contributed by atoms with Crippen LogP contribution in [0.2, 0.25) is 0 Å². The first kappa shape index (κ1) is 16.2. The fourth-order valence-electron chi connectivity index (χ4n) is 2.56. The summed E-state index contributed by atoms with van der Waals surface area (Å²) in [6.45, 7) is 1.90. The van der Waals surface area contributed by atoms with E-state index in [-0.39, 0.29) is 18.0 Å². The summed E-state index contributed by atoms with van der Waals surface area (Å²) < 4.78 is 2.83. The lowest BCUT2D eigenvalue weighted by Crippen LogP contribution is -2.39. The summed E-state index contributed by atoms with van der Waals surface area (Å²) in [5.41, 5.74) is 1.47. The van der Waals surface area contributed by atoms with Crippen molar-refractivity contribution in [2.24, 2.45) is 7.05 Å². The lowest BCUT2D eigenvalue weighted by atomic mass is 10.1. The summed E-state index contributed by atoms with van der Waals surface area (Å²) in [6, 6.07) is 9.27. The predicted octanol–water partition coefficient (Wildman–Crippen LogP) is 1.96. The maximum atomic E-state index is 12.3. The molecule has 0 unspecified atom stereocenters. The minimum Gasteiger partial charge on any atom is -0.325 e. The molecule has 7 heteroatoms. The number of aromatic nitrogens is 2. The van der Waals surface area contributed by atoms with E-state index in [1.54, 1.807) is 17.5 Å². The van der Waals surface area contributed by atoms with E-state index >= 15 is 0 Å². The summed E-state index contributed by atoms with van der Waals surface area (Å²) in [4.78, 5) is 36.8. The second-order valence-corrected chi connectivity index (χ2v) is 6.39. The van der Waals surface area contributed by atoms with Crippen LogP contribution in [0.25, 0.3) is 10.2 Å². The Bertz CT molecular complexity index is 1030. The van der Waals surface area contributed by atoms with E-state index < -0.39 is 5.69 Å². The summed E-state index contributed by atoms with van der Waals surface area (Å²) in [5, 5.41) is 4.54. The van der Waals surface area contributed by atoms with Crippen molar-refractivity contribution >= 4 is 33.1 Å². The number of benzene rings is 1. The number of carbonyl (C=O) groups is 1. The molecule has 0 aliphatic carbocycles. The highest BCUT2D eigenvalue weighted by Gasteiger charge is 2.14. The lowest BCUT2D eigenvalue weighted by molar-refractivity contribution is -0.116. The molecule has 0 atom stereocenters. The third-order valence-corrected chi connectivity index (χ3v) is 4.76. The summed E-state index contributed by atoms with van der Waals surface area (Å²) >= 11 is 1.26. The van der Waals surface area contributed by atoms with Gasteiger partial charge in [0.25, 0.3) is 5.56 Å². The van der Waals surface area contributed by atoms with Gasteiger partial charge in [0.1, 0.15) is 11.2 Å². The maximum Gasteiger partial charge on any atom is 0.331 e. The van der Waals surface area contributed by atoms with Gasteiger partial charge in [-0.1, -0.05) is 19.1 Å². The van der Waals surface area contributed by atoms with E-state index in [4.69, 9.17) is 0 Å². The van der Waals surface area contributed by atoms with Crippen LogP contribution < -0.4 is 16.6 Å². The minimum atomic E-state index is -0.497. The molecule has 6 nitrogen and oxygen atoms in total. The van der Waals surface area contributed by atoms with E-state index in [1.165, 1.54) is 23.0 Å². The first-order chi connectivity index (χ1) is 11.5. The molecule has 0 bridgehead atoms. The van der Waals surface area contributed by atoms with Crippen LogP contribution in [-0.4, -0.2) is 15.0 Å². The van der Waals surface area contributed by atoms with Crippen molar-refractivity contribution in [1.29, 1.82) is 0 Å². The Hall–Kier alpha value is -2.67. The molecular formula is C17H17N3O3S. The molecule has 24 heavy (non-hydrogen) atoms. The van der Waals surface area contributed by atoms with Crippen LogP contribution in [0.15, 0.2) is 45.3 Å². The van der Waals surface area contributed by atoms with Gasteiger partial charge in [0, 0.05) is 12.7 Å². The van der Waals surface area contributed by atoms with Gasteiger partial charge < -0.3 is 5.32 Å². The van der Waals surface area contributed by atoms with Crippen molar-refractivity contribution in [2.45, 2.75) is 19.9 Å². The molecule has 0 saturated carbocycles. The maximum absolute atomic E-state index is 12.3. The quantitative estimate of drug-likeness (QED) is 0.787. The van der Waals surface area contributed by atoms with Crippen molar-refractivity contribution in [3.8, 4) is 0 Å². The SMILES string of the molecule is CCc1cccc(NC(=O)Cn2c(=O)n(C)c(=O)c3sccc32)c1. The van der Waals surface area contributed by atoms with E-state index in [2.05, 4.69) is 5.32 Å². The Morgan fingerprint density at radius 2 is 2.04 bits per heavy atom. The minimum absolute atomic E-state index is 0.142. The molecule has 2 heterocycles. The van der Waals surface area contributed by atoms with Gasteiger partial charge in [0.15, 0.2) is 0 Å². The number of hydrogen-bond acceptors (Lipinski definition) is 4. The molecule has 3 rings (SSSR count). The Morgan fingerprint density at radius 1 is 1.25 bits per heavy atom. The molecule has 124 valence electrons. The van der Waals surface area contributed by atoms with Crippen LogP contribution in [0.1, 0.15) is 12.5 Å². The molecule has 2 aromatic heterocycles. The first-order valence-electron chi connectivity index (χ1n) is 7.57. The fourth-order valence-corrected chi connectivity index (χ4v) is 3.43. The van der Waals surface area contributed by atoms with Gasteiger partial charge in [-0.05, 0) is 35.6 Å². The molecule has 0 fully saturated rings. The third kappa shape index (κ3) is 2.90. The highest BCUT2D eigenvalue weighted by Crippen LogP contribution is 2.15. The van der Waals surface area contributed by atoms with Gasteiger partial charge >= 0.3 is 5.69 Å². The Kier molecular flexibility index (Phi) is 4.35. The van der Waals surface area contributed by atoms with E-state index in [0.29, 0.717) is 15.9 Å². The van der Waals surface area contributed by atoms with Crippen LogP contribution in [0.4, 0.5) is 5.69 Å². The number of fused-ring (bicyclic) bond motifs is 1. The topological polar surface area (TPSA) is 73.1 Å². The number of thiophene rings is 1. The van der Waals surface area contributed by atoms with Crippen LogP contribution in [0, 0.1) is 0 Å². The average molecular weight is 343 g/mol. The van der Waals surface area contributed by atoms with Gasteiger partial charge in [-0.25, -0.2) is 4.79 Å². The number of anilines is 1. The zero-order valence-electron chi connectivity index (χ0n) is 13.4. The Labute approximate surface area is 142 Å². The molecule has 1 N–H and O–H groups in total. The highest BCUT2D eigenvalue weighted by atomic mass is 32.1. The first-order valence-corrected chi connectivity index (χ1v) is 8.45. The van der Waals surface area contributed by atoms with Crippen molar-refractivity contribution < 1.29 is 4.79 Å². The molecule has 1 aromatic carbocycles. The molecule has 0 aliphatic rings. The van der Waals surface area contributed by atoms with Crippen LogP contribution in [0.5, 0.6) is 0 Å². The number of nitrogens with zero attached hydrogens (tertiary/aromatic N) is 2. The van der Waals surface area contributed by atoms with E-state index in [1.807, 2.05) is 25.1 Å². The molecule has 0 aliphatic heterocycles. The normalized spacial score (nSPS) is 10.9. The van der Waals surface area contributed by atoms with Gasteiger partial charge in [-0.15, -0.1) is 11.3 Å². The Morgan fingerprint density at radius 3 is 2.79 bits per heavy atom. The second-order valence-electron chi connectivity index (χ2n) is 5.47. The smallest absolute Gasteiger partial charge is 0.325 e. The summed E-state index contributed by atoms with van der Waals surface area (Å²) in [6.07, 6.45) is 0.874. The van der Waals surface area contributed by atoms with Crippen molar-refractivity contribution in [1.82, 2.24) is 9.13 Å². The molecule has 0 saturated heterocycles. The summed E-state index contributed by atoms with van der Waals surface area (Å²) in [7, 11) is 1.42. The van der Waals surface area contributed by atoms with Gasteiger partial charge in [-0.2, -0.15) is 0 Å². The number of carbonyl (C=O) groups excluding carboxylic acids is 1. The molecule has 0 radical (unpaired) electrons. The number of hydrogen-bond donors (Lipinski definition) is 1. The average Bonchev–Trinajstić information content (AvgIpc) is 3.06.